The number of halogens is 1. The van der Waals surface area contributed by atoms with Crippen LogP contribution >= 0.6 is 0 Å². The predicted molar refractivity (Wildman–Crippen MR) is 85.9 cm³/mol. The number of esters is 1. The topological polar surface area (TPSA) is 52.6 Å². The van der Waals surface area contributed by atoms with E-state index in [4.69, 9.17) is 9.47 Å². The third-order valence-corrected chi connectivity index (χ3v) is 3.68. The van der Waals surface area contributed by atoms with Crippen molar-refractivity contribution in [2.24, 2.45) is 0 Å². The maximum Gasteiger partial charge on any atom is 0.346 e. The van der Waals surface area contributed by atoms with Gasteiger partial charge in [-0.2, -0.15) is 0 Å². The summed E-state index contributed by atoms with van der Waals surface area (Å²) < 4.78 is 24.5. The molecule has 2 aromatic carbocycles. The molecule has 0 amide bonds. The second kappa shape index (κ2) is 5.92. The molecule has 0 radical (unpaired) electrons. The zero-order valence-corrected chi connectivity index (χ0v) is 13.5. The standard InChI is InChI=1S/C19H15FO4/c1-10(2)18-17(21)16-11(3)8-12(9-15(16)24-18)23-19(22)13-6-4-5-7-14(13)20/h4-9H,1-3H3. The maximum atomic E-state index is 13.7. The van der Waals surface area contributed by atoms with E-state index in [1.807, 2.05) is 0 Å². The minimum absolute atomic E-state index is 0.155. The van der Waals surface area contributed by atoms with Crippen LogP contribution in [0.25, 0.3) is 0 Å². The van der Waals surface area contributed by atoms with Crippen LogP contribution in [0.4, 0.5) is 4.39 Å². The van der Waals surface area contributed by atoms with Crippen molar-refractivity contribution in [1.82, 2.24) is 0 Å². The number of fused-ring (bicyclic) bond motifs is 1. The number of hydrogen-bond acceptors (Lipinski definition) is 4. The van der Waals surface area contributed by atoms with E-state index < -0.39 is 11.8 Å². The van der Waals surface area contributed by atoms with Crippen LogP contribution in [0.1, 0.15) is 40.1 Å². The molecule has 0 N–H and O–H groups in total. The molecule has 4 nitrogen and oxygen atoms in total. The van der Waals surface area contributed by atoms with Crippen LogP contribution < -0.4 is 9.47 Å². The van der Waals surface area contributed by atoms with Crippen molar-refractivity contribution in [3.63, 3.8) is 0 Å². The molecule has 24 heavy (non-hydrogen) atoms. The van der Waals surface area contributed by atoms with Gasteiger partial charge in [0.05, 0.1) is 11.1 Å². The van der Waals surface area contributed by atoms with E-state index in [1.54, 1.807) is 32.9 Å². The van der Waals surface area contributed by atoms with Gasteiger partial charge in [-0.15, -0.1) is 0 Å². The number of allylic oxidation sites excluding steroid dienone is 2. The quantitative estimate of drug-likeness (QED) is 0.471. The first-order chi connectivity index (χ1) is 11.4. The summed E-state index contributed by atoms with van der Waals surface area (Å²) in [6, 6.07) is 8.61. The molecule has 1 aliphatic rings. The first kappa shape index (κ1) is 15.9. The Hall–Kier alpha value is -2.95. The summed E-state index contributed by atoms with van der Waals surface area (Å²) in [5.41, 5.74) is 1.69. The fraction of sp³-hybridized carbons (Fsp3) is 0.158. The van der Waals surface area contributed by atoms with Gasteiger partial charge < -0.3 is 9.47 Å². The number of rotatable bonds is 2. The molecule has 3 rings (SSSR count). The van der Waals surface area contributed by atoms with Gasteiger partial charge in [0.2, 0.25) is 5.78 Å². The smallest absolute Gasteiger partial charge is 0.346 e. The minimum Gasteiger partial charge on any atom is -0.452 e. The Morgan fingerprint density at radius 1 is 1.17 bits per heavy atom. The van der Waals surface area contributed by atoms with Crippen LogP contribution in [0, 0.1) is 12.7 Å². The zero-order chi connectivity index (χ0) is 17.4. The molecule has 0 saturated carbocycles. The number of hydrogen-bond donors (Lipinski definition) is 0. The van der Waals surface area contributed by atoms with Gasteiger partial charge in [-0.3, -0.25) is 4.79 Å². The van der Waals surface area contributed by atoms with Crippen molar-refractivity contribution in [3.8, 4) is 11.5 Å². The second-order valence-electron chi connectivity index (χ2n) is 5.74. The molecule has 0 saturated heterocycles. The Balaban J connectivity index is 1.94. The third kappa shape index (κ3) is 2.69. The molecular weight excluding hydrogens is 311 g/mol. The van der Waals surface area contributed by atoms with Crippen LogP contribution in [-0.2, 0) is 0 Å². The molecule has 0 atom stereocenters. The van der Waals surface area contributed by atoms with Gasteiger partial charge in [0.15, 0.2) is 5.76 Å². The van der Waals surface area contributed by atoms with Crippen molar-refractivity contribution in [2.75, 3.05) is 0 Å². The highest BCUT2D eigenvalue weighted by Crippen LogP contribution is 2.38. The summed E-state index contributed by atoms with van der Waals surface area (Å²) >= 11 is 0. The van der Waals surface area contributed by atoms with Crippen LogP contribution in [0.5, 0.6) is 11.5 Å². The number of Topliss-reactive ketones (excluding diaryl/α,β-unsaturated/α-hetero) is 1. The number of ether oxygens (including phenoxy) is 2. The van der Waals surface area contributed by atoms with E-state index in [0.29, 0.717) is 16.9 Å². The van der Waals surface area contributed by atoms with Crippen LogP contribution in [0.2, 0.25) is 0 Å². The monoisotopic (exact) mass is 326 g/mol. The summed E-state index contributed by atoms with van der Waals surface area (Å²) in [5.74, 6) is -0.826. The number of ketones is 1. The van der Waals surface area contributed by atoms with E-state index in [9.17, 15) is 14.0 Å². The molecule has 0 fully saturated rings. The Labute approximate surface area is 138 Å². The van der Waals surface area contributed by atoms with Gasteiger partial charge in [0.1, 0.15) is 17.3 Å². The number of benzene rings is 2. The molecule has 2 aromatic rings. The number of aryl methyl sites for hydroxylation is 1. The molecule has 5 heteroatoms. The Kier molecular flexibility index (Phi) is 3.93. The van der Waals surface area contributed by atoms with E-state index >= 15 is 0 Å². The van der Waals surface area contributed by atoms with Crippen molar-refractivity contribution in [1.29, 1.82) is 0 Å². The lowest BCUT2D eigenvalue weighted by atomic mass is 10.0. The van der Waals surface area contributed by atoms with E-state index in [2.05, 4.69) is 0 Å². The summed E-state index contributed by atoms with van der Waals surface area (Å²) in [7, 11) is 0. The Morgan fingerprint density at radius 2 is 1.88 bits per heavy atom. The number of carbonyl (C=O) groups excluding carboxylic acids is 2. The minimum atomic E-state index is -0.806. The average molecular weight is 326 g/mol. The number of carbonyl (C=O) groups is 2. The zero-order valence-electron chi connectivity index (χ0n) is 13.5. The van der Waals surface area contributed by atoms with Crippen molar-refractivity contribution < 1.29 is 23.5 Å². The van der Waals surface area contributed by atoms with Crippen LogP contribution in [0.3, 0.4) is 0 Å². The van der Waals surface area contributed by atoms with Gasteiger partial charge >= 0.3 is 5.97 Å². The van der Waals surface area contributed by atoms with Crippen molar-refractivity contribution in [3.05, 3.63) is 70.2 Å². The lowest BCUT2D eigenvalue weighted by Gasteiger charge is -2.08. The predicted octanol–water partition coefficient (Wildman–Crippen LogP) is 4.22. The highest BCUT2D eigenvalue weighted by atomic mass is 19.1. The highest BCUT2D eigenvalue weighted by molar-refractivity contribution is 6.13. The SMILES string of the molecule is CC(C)=C1Oc2cc(OC(=O)c3ccccc3F)cc(C)c2C1=O. The van der Waals surface area contributed by atoms with E-state index in [0.717, 1.165) is 5.57 Å². The van der Waals surface area contributed by atoms with Gasteiger partial charge in [-0.25, -0.2) is 9.18 Å². The fourth-order valence-electron chi connectivity index (χ4n) is 2.54. The third-order valence-electron chi connectivity index (χ3n) is 3.68. The van der Waals surface area contributed by atoms with Crippen molar-refractivity contribution >= 4 is 11.8 Å². The first-order valence-corrected chi connectivity index (χ1v) is 7.40. The summed E-state index contributed by atoms with van der Waals surface area (Å²) in [4.78, 5) is 24.4. The maximum absolute atomic E-state index is 13.7. The van der Waals surface area contributed by atoms with Gasteiger partial charge in [0, 0.05) is 6.07 Å². The molecule has 1 aliphatic heterocycles. The van der Waals surface area contributed by atoms with E-state index in [1.165, 1.54) is 24.3 Å². The van der Waals surface area contributed by atoms with Gasteiger partial charge in [0.25, 0.3) is 0 Å². The molecule has 0 spiro atoms. The molecule has 0 aliphatic carbocycles. The molecule has 122 valence electrons. The normalized spacial score (nSPS) is 12.7. The molecule has 0 aromatic heterocycles. The molecule has 0 unspecified atom stereocenters. The molecule has 1 heterocycles. The fourth-order valence-corrected chi connectivity index (χ4v) is 2.54. The highest BCUT2D eigenvalue weighted by Gasteiger charge is 2.31. The van der Waals surface area contributed by atoms with Crippen LogP contribution in [-0.4, -0.2) is 11.8 Å². The van der Waals surface area contributed by atoms with Gasteiger partial charge in [-0.1, -0.05) is 12.1 Å². The van der Waals surface area contributed by atoms with E-state index in [-0.39, 0.29) is 22.9 Å². The average Bonchev–Trinajstić information content (AvgIpc) is 2.85. The second-order valence-corrected chi connectivity index (χ2v) is 5.74. The summed E-state index contributed by atoms with van der Waals surface area (Å²) in [6.45, 7) is 5.30. The lowest BCUT2D eigenvalue weighted by Crippen LogP contribution is -2.10. The summed E-state index contributed by atoms with van der Waals surface area (Å²) in [5, 5.41) is 0. The first-order valence-electron chi connectivity index (χ1n) is 7.40. The van der Waals surface area contributed by atoms with Crippen molar-refractivity contribution in [2.45, 2.75) is 20.8 Å². The molecule has 0 bridgehead atoms. The Morgan fingerprint density at radius 3 is 2.54 bits per heavy atom. The largest absolute Gasteiger partial charge is 0.452 e. The molecular formula is C19H15FO4. The Bertz CT molecular complexity index is 892. The van der Waals surface area contributed by atoms with Crippen LogP contribution in [0.15, 0.2) is 47.7 Å². The van der Waals surface area contributed by atoms with Gasteiger partial charge in [-0.05, 0) is 50.1 Å². The summed E-state index contributed by atoms with van der Waals surface area (Å²) in [6.07, 6.45) is 0. The lowest BCUT2D eigenvalue weighted by molar-refractivity contribution is 0.0729.